The van der Waals surface area contributed by atoms with Crippen LogP contribution in [0.15, 0.2) is 23.0 Å². The van der Waals surface area contributed by atoms with Crippen LogP contribution in [0.5, 0.6) is 5.75 Å². The Bertz CT molecular complexity index is 1660. The zero-order valence-corrected chi connectivity index (χ0v) is 25.7. The summed E-state index contributed by atoms with van der Waals surface area (Å²) in [5, 5.41) is 45.0. The molecule has 4 rings (SSSR count). The maximum absolute atomic E-state index is 14.0. The summed E-state index contributed by atoms with van der Waals surface area (Å²) in [5.41, 5.74) is 2.57. The van der Waals surface area contributed by atoms with Gasteiger partial charge >= 0.3 is 0 Å². The van der Waals surface area contributed by atoms with Crippen molar-refractivity contribution in [2.24, 2.45) is 17.6 Å². The molecule has 13 heteroatoms. The SMILES string of the molecule is CC(C)S(=O)(=O)CCC#Cc1cc(N(C)C)c2c(c1O)C(O)=C1C(=O)[C@]3(O)C(O)=C(C(N)=O)C(=O)[C@@H](N(C)C)[C@@H]3C[C@@H]1C2. The number of Topliss-reactive ketones (excluding diaryl/α,β-unsaturated/α-hetero) is 2. The van der Waals surface area contributed by atoms with Crippen LogP contribution >= 0.6 is 0 Å². The van der Waals surface area contributed by atoms with E-state index in [0.29, 0.717) is 11.3 Å². The van der Waals surface area contributed by atoms with Gasteiger partial charge in [-0.3, -0.25) is 19.3 Å². The van der Waals surface area contributed by atoms with Crippen LogP contribution in [-0.2, 0) is 30.6 Å². The largest absolute Gasteiger partial charge is 0.508 e. The van der Waals surface area contributed by atoms with Crippen LogP contribution in [0.25, 0.3) is 5.76 Å². The van der Waals surface area contributed by atoms with E-state index in [1.54, 1.807) is 38.9 Å². The molecule has 0 unspecified atom stereocenters. The van der Waals surface area contributed by atoms with Crippen LogP contribution < -0.4 is 10.6 Å². The van der Waals surface area contributed by atoms with Crippen molar-refractivity contribution in [2.75, 3.05) is 38.8 Å². The van der Waals surface area contributed by atoms with E-state index < -0.39 is 78.9 Å². The number of aliphatic hydroxyl groups is 3. The monoisotopic (exact) mass is 615 g/mol. The quantitative estimate of drug-likeness (QED) is 0.222. The minimum absolute atomic E-state index is 0.00988. The Balaban J connectivity index is 1.90. The number of hydrogen-bond acceptors (Lipinski definition) is 11. The second kappa shape index (κ2) is 11.0. The van der Waals surface area contributed by atoms with Gasteiger partial charge in [-0.2, -0.15) is 0 Å². The predicted octanol–water partition coefficient (Wildman–Crippen LogP) is 0.595. The first kappa shape index (κ1) is 32.1. The number of hydrogen-bond donors (Lipinski definition) is 5. The Hall–Kier alpha value is -3.86. The summed E-state index contributed by atoms with van der Waals surface area (Å²) in [7, 11) is 3.24. The van der Waals surface area contributed by atoms with Gasteiger partial charge < -0.3 is 31.1 Å². The highest BCUT2D eigenvalue weighted by Crippen LogP contribution is 2.54. The van der Waals surface area contributed by atoms with Gasteiger partial charge in [0.2, 0.25) is 5.78 Å². The van der Waals surface area contributed by atoms with Crippen LogP contribution in [0.3, 0.4) is 0 Å². The Morgan fingerprint density at radius 2 is 1.79 bits per heavy atom. The van der Waals surface area contributed by atoms with Gasteiger partial charge in [0.15, 0.2) is 21.2 Å². The second-order valence-corrected chi connectivity index (χ2v) is 14.6. The van der Waals surface area contributed by atoms with E-state index in [1.807, 2.05) is 0 Å². The number of aliphatic hydroxyl groups excluding tert-OH is 2. The van der Waals surface area contributed by atoms with Crippen molar-refractivity contribution in [1.29, 1.82) is 0 Å². The molecule has 3 aliphatic rings. The molecule has 0 heterocycles. The number of sulfone groups is 1. The Morgan fingerprint density at radius 3 is 2.33 bits per heavy atom. The summed E-state index contributed by atoms with van der Waals surface area (Å²) in [6.07, 6.45) is 0.122. The fourth-order valence-corrected chi connectivity index (χ4v) is 7.23. The minimum atomic E-state index is -3.33. The topological polar surface area (TPSA) is 199 Å². The highest BCUT2D eigenvalue weighted by atomic mass is 32.2. The number of carbonyl (C=O) groups excluding carboxylic acids is 3. The number of nitrogens with two attached hydrogens (primary N) is 1. The molecule has 4 atom stereocenters. The molecule has 1 fully saturated rings. The number of rotatable bonds is 6. The van der Waals surface area contributed by atoms with E-state index in [2.05, 4.69) is 11.8 Å². The number of fused-ring (bicyclic) bond motifs is 3. The van der Waals surface area contributed by atoms with Crippen molar-refractivity contribution in [3.8, 4) is 17.6 Å². The molecule has 12 nitrogen and oxygen atoms in total. The number of nitrogens with zero attached hydrogens (tertiary/aromatic N) is 2. The highest BCUT2D eigenvalue weighted by molar-refractivity contribution is 7.91. The molecule has 1 aromatic rings. The summed E-state index contributed by atoms with van der Waals surface area (Å²) >= 11 is 0. The Morgan fingerprint density at radius 1 is 1.16 bits per heavy atom. The van der Waals surface area contributed by atoms with Crippen LogP contribution in [0.2, 0.25) is 0 Å². The molecule has 232 valence electrons. The summed E-state index contributed by atoms with van der Waals surface area (Å²) in [6, 6.07) is 0.439. The molecule has 1 aromatic carbocycles. The third-order valence-electron chi connectivity index (χ3n) is 8.63. The van der Waals surface area contributed by atoms with E-state index in [9.17, 15) is 43.2 Å². The lowest BCUT2D eigenvalue weighted by atomic mass is 9.57. The summed E-state index contributed by atoms with van der Waals surface area (Å²) in [5.74, 6) is -1.96. The molecule has 0 bridgehead atoms. The normalized spacial score (nSPS) is 25.3. The maximum atomic E-state index is 14.0. The van der Waals surface area contributed by atoms with E-state index in [-0.39, 0.29) is 41.7 Å². The number of aromatic hydroxyl groups is 1. The molecule has 6 N–H and O–H groups in total. The zero-order valence-electron chi connectivity index (χ0n) is 24.9. The van der Waals surface area contributed by atoms with Crippen molar-refractivity contribution < 1.29 is 43.2 Å². The van der Waals surface area contributed by atoms with Crippen LogP contribution in [0, 0.1) is 23.7 Å². The van der Waals surface area contributed by atoms with Crippen molar-refractivity contribution >= 4 is 38.8 Å². The number of benzene rings is 1. The molecule has 0 saturated heterocycles. The van der Waals surface area contributed by atoms with Crippen LogP contribution in [-0.4, -0.2) is 102 Å². The number of phenolic OH excluding ortho intramolecular Hbond substituents is 1. The number of phenols is 1. The molecule has 0 spiro atoms. The second-order valence-electron chi connectivity index (χ2n) is 12.0. The lowest BCUT2D eigenvalue weighted by molar-refractivity contribution is -0.153. The van der Waals surface area contributed by atoms with Gasteiger partial charge in [0.1, 0.15) is 22.8 Å². The fraction of sp³-hybridized carbons (Fsp3) is 0.500. The lowest BCUT2D eigenvalue weighted by Crippen LogP contribution is -2.65. The summed E-state index contributed by atoms with van der Waals surface area (Å²) in [6.45, 7) is 3.15. The summed E-state index contributed by atoms with van der Waals surface area (Å²) in [4.78, 5) is 42.6. The molecule has 0 radical (unpaired) electrons. The molecule has 0 aliphatic heterocycles. The predicted molar refractivity (Wildman–Crippen MR) is 159 cm³/mol. The van der Waals surface area contributed by atoms with Gasteiger partial charge in [-0.15, -0.1) is 0 Å². The van der Waals surface area contributed by atoms with Gasteiger partial charge in [-0.1, -0.05) is 11.8 Å². The third-order valence-corrected chi connectivity index (χ3v) is 10.8. The molecule has 1 amide bonds. The number of anilines is 1. The van der Waals surface area contributed by atoms with E-state index in [1.165, 1.54) is 19.0 Å². The number of primary amides is 1. The average Bonchev–Trinajstić information content (AvgIpc) is 2.89. The van der Waals surface area contributed by atoms with Crippen LogP contribution in [0.4, 0.5) is 5.69 Å². The summed E-state index contributed by atoms with van der Waals surface area (Å²) < 4.78 is 24.3. The molecule has 0 aromatic heterocycles. The Labute approximate surface area is 250 Å². The minimum Gasteiger partial charge on any atom is -0.508 e. The van der Waals surface area contributed by atoms with Crippen molar-refractivity contribution in [3.63, 3.8) is 0 Å². The van der Waals surface area contributed by atoms with Crippen LogP contribution in [0.1, 0.15) is 43.4 Å². The molecule has 1 saturated carbocycles. The van der Waals surface area contributed by atoms with Crippen molar-refractivity contribution in [2.45, 2.75) is 50.0 Å². The lowest BCUT2D eigenvalue weighted by Gasteiger charge is -2.50. The van der Waals surface area contributed by atoms with E-state index in [4.69, 9.17) is 5.73 Å². The molecular formula is C30H37N3O9S. The molecule has 3 aliphatic carbocycles. The highest BCUT2D eigenvalue weighted by Gasteiger charge is 2.64. The fourth-order valence-electron chi connectivity index (χ4n) is 6.37. The third kappa shape index (κ3) is 4.97. The van der Waals surface area contributed by atoms with Gasteiger partial charge in [0.25, 0.3) is 5.91 Å². The van der Waals surface area contributed by atoms with E-state index >= 15 is 0 Å². The molecule has 43 heavy (non-hydrogen) atoms. The van der Waals surface area contributed by atoms with Crippen molar-refractivity contribution in [1.82, 2.24) is 4.90 Å². The first-order valence-corrected chi connectivity index (χ1v) is 15.5. The number of amides is 1. The number of likely N-dealkylation sites (N-methyl/N-ethyl adjacent to an activating group) is 1. The Kier molecular flexibility index (Phi) is 8.21. The van der Waals surface area contributed by atoms with Crippen molar-refractivity contribution in [3.05, 3.63) is 39.7 Å². The maximum Gasteiger partial charge on any atom is 0.255 e. The smallest absolute Gasteiger partial charge is 0.255 e. The molecular weight excluding hydrogens is 578 g/mol. The van der Waals surface area contributed by atoms with Gasteiger partial charge in [0.05, 0.1) is 28.2 Å². The average molecular weight is 616 g/mol. The van der Waals surface area contributed by atoms with Gasteiger partial charge in [-0.05, 0) is 58.3 Å². The first-order chi connectivity index (χ1) is 19.9. The first-order valence-electron chi connectivity index (χ1n) is 13.8. The number of carbonyl (C=O) groups is 3. The zero-order chi connectivity index (χ0) is 32.3. The number of ketones is 2. The van der Waals surface area contributed by atoms with Gasteiger partial charge in [0, 0.05) is 37.7 Å². The van der Waals surface area contributed by atoms with Gasteiger partial charge in [-0.25, -0.2) is 8.42 Å². The standard InChI is InChI=1S/C30H37N3O9S/c1-14(2)43(41,42)10-8-7-9-15-13-19(32(3)4)17-11-16-12-18-23(33(5)6)26(36)22(29(31)39)28(38)30(18,40)27(37)20(16)25(35)21(17)24(15)34/h13-14,16,18,23,34-35,38,40H,8,10-12H2,1-6H3,(H2,31,39)/t16-,18-,23-,30-/m0/s1. The van der Waals surface area contributed by atoms with E-state index in [0.717, 1.165) is 0 Å².